The van der Waals surface area contributed by atoms with Gasteiger partial charge in [-0.2, -0.15) is 5.10 Å². The normalized spacial score (nSPS) is 10.6. The topological polar surface area (TPSA) is 72.9 Å². The molecule has 1 aromatic carbocycles. The number of benzene rings is 1. The standard InChI is InChI=1S/C13H14F2N4O/c1-19-7-8(6-16)13(18-19)17-12(20)5-9-10(14)3-2-4-11(9)15/h2-4,7H,5-6,16H2,1H3,(H,17,18,20). The first-order chi connectivity index (χ1) is 9.51. The zero-order valence-electron chi connectivity index (χ0n) is 10.9. The third-order valence-electron chi connectivity index (χ3n) is 2.78. The van der Waals surface area contributed by atoms with E-state index in [1.807, 2.05) is 0 Å². The van der Waals surface area contributed by atoms with Crippen molar-refractivity contribution < 1.29 is 13.6 Å². The van der Waals surface area contributed by atoms with Crippen molar-refractivity contribution >= 4 is 11.7 Å². The highest BCUT2D eigenvalue weighted by Crippen LogP contribution is 2.15. The third kappa shape index (κ3) is 3.00. The molecule has 1 aromatic heterocycles. The van der Waals surface area contributed by atoms with Crippen LogP contribution in [0.4, 0.5) is 14.6 Å². The molecule has 2 rings (SSSR count). The smallest absolute Gasteiger partial charge is 0.230 e. The molecule has 5 nitrogen and oxygen atoms in total. The molecule has 106 valence electrons. The summed E-state index contributed by atoms with van der Waals surface area (Å²) in [7, 11) is 1.69. The molecule has 0 aliphatic heterocycles. The number of hydrogen-bond donors (Lipinski definition) is 2. The van der Waals surface area contributed by atoms with Crippen LogP contribution in [0.2, 0.25) is 0 Å². The molecule has 0 aliphatic carbocycles. The third-order valence-corrected chi connectivity index (χ3v) is 2.78. The first-order valence-corrected chi connectivity index (χ1v) is 5.96. The van der Waals surface area contributed by atoms with Crippen molar-refractivity contribution in [1.29, 1.82) is 0 Å². The Bertz CT molecular complexity index is 619. The van der Waals surface area contributed by atoms with Crippen LogP contribution >= 0.6 is 0 Å². The Kier molecular flexibility index (Phi) is 4.09. The Hall–Kier alpha value is -2.28. The van der Waals surface area contributed by atoms with Gasteiger partial charge < -0.3 is 11.1 Å². The van der Waals surface area contributed by atoms with Crippen molar-refractivity contribution in [2.45, 2.75) is 13.0 Å². The van der Waals surface area contributed by atoms with Crippen LogP contribution in [-0.2, 0) is 24.8 Å². The molecule has 1 amide bonds. The van der Waals surface area contributed by atoms with Crippen LogP contribution in [0, 0.1) is 11.6 Å². The summed E-state index contributed by atoms with van der Waals surface area (Å²) in [5.74, 6) is -1.75. The first-order valence-electron chi connectivity index (χ1n) is 5.96. The van der Waals surface area contributed by atoms with Crippen LogP contribution in [0.1, 0.15) is 11.1 Å². The fraction of sp³-hybridized carbons (Fsp3) is 0.231. The fourth-order valence-electron chi connectivity index (χ4n) is 1.83. The number of aromatic nitrogens is 2. The molecular formula is C13H14F2N4O. The van der Waals surface area contributed by atoms with Gasteiger partial charge in [-0.3, -0.25) is 9.48 Å². The molecule has 0 saturated heterocycles. The summed E-state index contributed by atoms with van der Waals surface area (Å²) in [5.41, 5.74) is 5.90. The maximum atomic E-state index is 13.4. The van der Waals surface area contributed by atoms with Crippen LogP contribution in [0.25, 0.3) is 0 Å². The summed E-state index contributed by atoms with van der Waals surface area (Å²) in [5, 5.41) is 6.53. The van der Waals surface area contributed by atoms with E-state index in [1.54, 1.807) is 13.2 Å². The van der Waals surface area contributed by atoms with Gasteiger partial charge >= 0.3 is 0 Å². The molecule has 7 heteroatoms. The zero-order valence-corrected chi connectivity index (χ0v) is 10.9. The van der Waals surface area contributed by atoms with Gasteiger partial charge in [-0.15, -0.1) is 0 Å². The zero-order chi connectivity index (χ0) is 14.7. The Balaban J connectivity index is 2.13. The molecule has 0 unspecified atom stereocenters. The average molecular weight is 280 g/mol. The van der Waals surface area contributed by atoms with Gasteiger partial charge in [-0.1, -0.05) is 6.07 Å². The highest BCUT2D eigenvalue weighted by Gasteiger charge is 2.15. The maximum Gasteiger partial charge on any atom is 0.230 e. The monoisotopic (exact) mass is 280 g/mol. The maximum absolute atomic E-state index is 13.4. The highest BCUT2D eigenvalue weighted by atomic mass is 19.1. The molecule has 0 aliphatic rings. The number of anilines is 1. The van der Waals surface area contributed by atoms with E-state index in [-0.39, 0.29) is 12.1 Å². The summed E-state index contributed by atoms with van der Waals surface area (Å²) in [6.07, 6.45) is 1.26. The number of nitrogens with two attached hydrogens (primary N) is 1. The number of nitrogens with zero attached hydrogens (tertiary/aromatic N) is 2. The van der Waals surface area contributed by atoms with Gasteiger partial charge in [0.2, 0.25) is 5.91 Å². The minimum absolute atomic E-state index is 0.206. The van der Waals surface area contributed by atoms with Crippen molar-refractivity contribution in [3.8, 4) is 0 Å². The van der Waals surface area contributed by atoms with Gasteiger partial charge in [0.05, 0.1) is 6.42 Å². The summed E-state index contributed by atoms with van der Waals surface area (Å²) >= 11 is 0. The van der Waals surface area contributed by atoms with Gasteiger partial charge in [0.25, 0.3) is 0 Å². The van der Waals surface area contributed by atoms with E-state index in [2.05, 4.69) is 10.4 Å². The van der Waals surface area contributed by atoms with Crippen molar-refractivity contribution in [3.05, 3.63) is 47.2 Å². The number of carbonyl (C=O) groups is 1. The molecule has 0 fully saturated rings. The van der Waals surface area contributed by atoms with Crippen LogP contribution in [0.5, 0.6) is 0 Å². The predicted molar refractivity (Wildman–Crippen MR) is 69.8 cm³/mol. The predicted octanol–water partition coefficient (Wildman–Crippen LogP) is 1.34. The van der Waals surface area contributed by atoms with E-state index in [0.29, 0.717) is 11.4 Å². The summed E-state index contributed by atoms with van der Waals surface area (Å²) in [6.45, 7) is 0.206. The number of carbonyl (C=O) groups excluding carboxylic acids is 1. The van der Waals surface area contributed by atoms with E-state index in [1.165, 1.54) is 10.7 Å². The fourth-order valence-corrected chi connectivity index (χ4v) is 1.83. The Labute approximate surface area is 114 Å². The molecule has 0 radical (unpaired) electrons. The Morgan fingerprint density at radius 3 is 2.65 bits per heavy atom. The quantitative estimate of drug-likeness (QED) is 0.887. The number of hydrogen-bond acceptors (Lipinski definition) is 3. The van der Waals surface area contributed by atoms with Gasteiger partial charge in [-0.25, -0.2) is 8.78 Å². The molecular weight excluding hydrogens is 266 g/mol. The number of rotatable bonds is 4. The van der Waals surface area contributed by atoms with Crippen molar-refractivity contribution in [1.82, 2.24) is 9.78 Å². The first kappa shape index (κ1) is 14.1. The van der Waals surface area contributed by atoms with Crippen LogP contribution < -0.4 is 11.1 Å². The lowest BCUT2D eigenvalue weighted by Crippen LogP contribution is -2.18. The van der Waals surface area contributed by atoms with Gasteiger partial charge in [-0.05, 0) is 12.1 Å². The van der Waals surface area contributed by atoms with E-state index in [0.717, 1.165) is 12.1 Å². The number of nitrogens with one attached hydrogen (secondary N) is 1. The van der Waals surface area contributed by atoms with E-state index in [4.69, 9.17) is 5.73 Å². The summed E-state index contributed by atoms with van der Waals surface area (Å²) < 4.78 is 28.4. The largest absolute Gasteiger partial charge is 0.326 e. The van der Waals surface area contributed by atoms with Crippen molar-refractivity contribution in [2.75, 3.05) is 5.32 Å². The van der Waals surface area contributed by atoms with E-state index in [9.17, 15) is 13.6 Å². The molecule has 2 aromatic rings. The molecule has 3 N–H and O–H groups in total. The molecule has 0 bridgehead atoms. The van der Waals surface area contributed by atoms with Crippen molar-refractivity contribution in [2.24, 2.45) is 12.8 Å². The number of amides is 1. The lowest BCUT2D eigenvalue weighted by atomic mass is 10.1. The van der Waals surface area contributed by atoms with Crippen LogP contribution in [0.3, 0.4) is 0 Å². The van der Waals surface area contributed by atoms with E-state index < -0.39 is 24.0 Å². The number of halogens is 2. The minimum atomic E-state index is -0.750. The van der Waals surface area contributed by atoms with E-state index >= 15 is 0 Å². The lowest BCUT2D eigenvalue weighted by molar-refractivity contribution is -0.115. The second kappa shape index (κ2) is 5.79. The Morgan fingerprint density at radius 2 is 2.05 bits per heavy atom. The highest BCUT2D eigenvalue weighted by molar-refractivity contribution is 5.92. The average Bonchev–Trinajstić information content (AvgIpc) is 2.74. The van der Waals surface area contributed by atoms with Gasteiger partial charge in [0.15, 0.2) is 5.82 Å². The van der Waals surface area contributed by atoms with Gasteiger partial charge in [0.1, 0.15) is 11.6 Å². The van der Waals surface area contributed by atoms with Crippen LogP contribution in [-0.4, -0.2) is 15.7 Å². The second-order valence-electron chi connectivity index (χ2n) is 4.31. The molecule has 0 atom stereocenters. The molecule has 1 heterocycles. The van der Waals surface area contributed by atoms with Gasteiger partial charge in [0, 0.05) is 30.9 Å². The lowest BCUT2D eigenvalue weighted by Gasteiger charge is -2.06. The van der Waals surface area contributed by atoms with Crippen LogP contribution in [0.15, 0.2) is 24.4 Å². The molecule has 0 saturated carbocycles. The molecule has 20 heavy (non-hydrogen) atoms. The number of aryl methyl sites for hydroxylation is 1. The Morgan fingerprint density at radius 1 is 1.40 bits per heavy atom. The SMILES string of the molecule is Cn1cc(CN)c(NC(=O)Cc2c(F)cccc2F)n1. The van der Waals surface area contributed by atoms with Crippen molar-refractivity contribution in [3.63, 3.8) is 0 Å². The molecule has 0 spiro atoms. The minimum Gasteiger partial charge on any atom is -0.326 e. The second-order valence-corrected chi connectivity index (χ2v) is 4.31. The summed E-state index contributed by atoms with van der Waals surface area (Å²) in [6, 6.07) is 3.47. The summed E-state index contributed by atoms with van der Waals surface area (Å²) in [4.78, 5) is 11.8.